The molecule has 1 aromatic carbocycles. The number of halogens is 1. The number of hydrogen-bond acceptors (Lipinski definition) is 1. The van der Waals surface area contributed by atoms with Crippen LogP contribution in [0, 0.1) is 0 Å². The SMILES string of the molecule is O=C1CC=CN1/C=C(\F)c1ccccc1. The summed E-state index contributed by atoms with van der Waals surface area (Å²) in [5.74, 6) is -0.517. The van der Waals surface area contributed by atoms with Crippen LogP contribution in [0.5, 0.6) is 0 Å². The van der Waals surface area contributed by atoms with Crippen LogP contribution in [0.3, 0.4) is 0 Å². The minimum absolute atomic E-state index is 0.110. The van der Waals surface area contributed by atoms with Crippen LogP contribution in [-0.2, 0) is 4.79 Å². The van der Waals surface area contributed by atoms with Crippen molar-refractivity contribution in [2.45, 2.75) is 6.42 Å². The molecule has 1 heterocycles. The van der Waals surface area contributed by atoms with Gasteiger partial charge in [0.15, 0.2) is 0 Å². The molecule has 0 bridgehead atoms. The van der Waals surface area contributed by atoms with Crippen LogP contribution in [0.4, 0.5) is 4.39 Å². The Morgan fingerprint density at radius 3 is 2.67 bits per heavy atom. The number of hydrogen-bond donors (Lipinski definition) is 0. The fraction of sp³-hybridized carbons (Fsp3) is 0.0833. The highest BCUT2D eigenvalue weighted by molar-refractivity contribution is 5.83. The maximum atomic E-state index is 13.6. The molecular formula is C12H10FNO. The smallest absolute Gasteiger partial charge is 0.234 e. The van der Waals surface area contributed by atoms with Gasteiger partial charge >= 0.3 is 0 Å². The maximum absolute atomic E-state index is 13.6. The molecule has 1 aromatic rings. The van der Waals surface area contributed by atoms with E-state index in [-0.39, 0.29) is 5.91 Å². The Bertz CT molecular complexity index is 423. The molecule has 0 spiro atoms. The number of rotatable bonds is 2. The number of benzene rings is 1. The van der Waals surface area contributed by atoms with E-state index < -0.39 is 5.83 Å². The first kappa shape index (κ1) is 9.65. The minimum atomic E-state index is -0.407. The molecule has 0 N–H and O–H groups in total. The second-order valence-corrected chi connectivity index (χ2v) is 3.23. The van der Waals surface area contributed by atoms with E-state index in [1.165, 1.54) is 11.1 Å². The standard InChI is InChI=1S/C12H10FNO/c13-11(10-5-2-1-3-6-10)9-14-8-4-7-12(14)15/h1-6,8-9H,7H2/b11-9-. The summed E-state index contributed by atoms with van der Waals surface area (Å²) in [6, 6.07) is 8.65. The zero-order chi connectivity index (χ0) is 10.7. The number of carbonyl (C=O) groups excluding carboxylic acids is 1. The Kier molecular flexibility index (Phi) is 2.63. The van der Waals surface area contributed by atoms with Crippen molar-refractivity contribution in [3.8, 4) is 0 Å². The van der Waals surface area contributed by atoms with Crippen molar-refractivity contribution in [1.29, 1.82) is 0 Å². The van der Waals surface area contributed by atoms with E-state index in [0.717, 1.165) is 0 Å². The highest BCUT2D eigenvalue weighted by atomic mass is 19.1. The molecule has 0 saturated carbocycles. The molecule has 0 aliphatic carbocycles. The highest BCUT2D eigenvalue weighted by Crippen LogP contribution is 2.18. The highest BCUT2D eigenvalue weighted by Gasteiger charge is 2.13. The van der Waals surface area contributed by atoms with E-state index in [4.69, 9.17) is 0 Å². The van der Waals surface area contributed by atoms with Gasteiger partial charge in [-0.15, -0.1) is 0 Å². The van der Waals surface area contributed by atoms with Gasteiger partial charge in [0.1, 0.15) is 5.83 Å². The quantitative estimate of drug-likeness (QED) is 0.723. The molecule has 2 nitrogen and oxygen atoms in total. The van der Waals surface area contributed by atoms with Gasteiger partial charge in [-0.1, -0.05) is 36.4 Å². The van der Waals surface area contributed by atoms with E-state index in [2.05, 4.69) is 0 Å². The number of carbonyl (C=O) groups is 1. The third kappa shape index (κ3) is 2.13. The lowest BCUT2D eigenvalue weighted by Gasteiger charge is -2.07. The minimum Gasteiger partial charge on any atom is -0.292 e. The van der Waals surface area contributed by atoms with Gasteiger partial charge in [-0.05, 0) is 0 Å². The van der Waals surface area contributed by atoms with E-state index in [0.29, 0.717) is 12.0 Å². The lowest BCUT2D eigenvalue weighted by molar-refractivity contribution is -0.124. The first-order valence-electron chi connectivity index (χ1n) is 4.68. The van der Waals surface area contributed by atoms with Crippen molar-refractivity contribution in [3.05, 3.63) is 54.4 Å². The van der Waals surface area contributed by atoms with Crippen LogP contribution in [0.25, 0.3) is 5.83 Å². The predicted octanol–water partition coefficient (Wildman–Crippen LogP) is 2.70. The monoisotopic (exact) mass is 203 g/mol. The normalized spacial score (nSPS) is 16.2. The summed E-state index contributed by atoms with van der Waals surface area (Å²) < 4.78 is 13.6. The topological polar surface area (TPSA) is 20.3 Å². The number of amides is 1. The molecule has 1 amide bonds. The molecule has 1 aliphatic rings. The molecule has 3 heteroatoms. The zero-order valence-corrected chi connectivity index (χ0v) is 8.06. The van der Waals surface area contributed by atoms with Crippen molar-refractivity contribution in [3.63, 3.8) is 0 Å². The first-order valence-corrected chi connectivity index (χ1v) is 4.68. The second-order valence-electron chi connectivity index (χ2n) is 3.23. The maximum Gasteiger partial charge on any atom is 0.234 e. The van der Waals surface area contributed by atoms with Gasteiger partial charge in [0, 0.05) is 24.4 Å². The summed E-state index contributed by atoms with van der Waals surface area (Å²) in [4.78, 5) is 12.5. The molecule has 0 saturated heterocycles. The van der Waals surface area contributed by atoms with Crippen molar-refractivity contribution in [2.24, 2.45) is 0 Å². The molecule has 76 valence electrons. The van der Waals surface area contributed by atoms with Crippen LogP contribution in [0.1, 0.15) is 12.0 Å². The van der Waals surface area contributed by atoms with Gasteiger partial charge in [0.2, 0.25) is 5.91 Å². The van der Waals surface area contributed by atoms with Gasteiger partial charge in [0.05, 0.1) is 0 Å². The van der Waals surface area contributed by atoms with Crippen LogP contribution >= 0.6 is 0 Å². The lowest BCUT2D eigenvalue weighted by Crippen LogP contribution is -2.13. The van der Waals surface area contributed by atoms with Crippen LogP contribution in [0.2, 0.25) is 0 Å². The molecule has 0 unspecified atom stereocenters. The van der Waals surface area contributed by atoms with E-state index in [1.807, 2.05) is 6.07 Å². The molecule has 0 atom stereocenters. The molecule has 0 aromatic heterocycles. The van der Waals surface area contributed by atoms with Gasteiger partial charge in [-0.2, -0.15) is 0 Å². The predicted molar refractivity (Wildman–Crippen MR) is 56.1 cm³/mol. The summed E-state index contributed by atoms with van der Waals surface area (Å²) in [7, 11) is 0. The Labute approximate surface area is 87.3 Å². The van der Waals surface area contributed by atoms with Crippen LogP contribution in [0.15, 0.2) is 48.8 Å². The summed E-state index contributed by atoms with van der Waals surface area (Å²) in [5.41, 5.74) is 0.477. The summed E-state index contributed by atoms with van der Waals surface area (Å²) >= 11 is 0. The molecule has 1 aliphatic heterocycles. The Balaban J connectivity index is 2.21. The summed E-state index contributed by atoms with van der Waals surface area (Å²) in [6.07, 6.45) is 4.84. The van der Waals surface area contributed by atoms with Gasteiger partial charge < -0.3 is 0 Å². The molecule has 15 heavy (non-hydrogen) atoms. The molecule has 2 rings (SSSR count). The summed E-state index contributed by atoms with van der Waals surface area (Å²) in [5, 5.41) is 0. The average molecular weight is 203 g/mol. The van der Waals surface area contributed by atoms with Gasteiger partial charge in [-0.25, -0.2) is 4.39 Å². The Morgan fingerprint density at radius 1 is 1.33 bits per heavy atom. The number of nitrogens with zero attached hydrogens (tertiary/aromatic N) is 1. The van der Waals surface area contributed by atoms with Crippen molar-refractivity contribution < 1.29 is 9.18 Å². The van der Waals surface area contributed by atoms with Crippen molar-refractivity contribution in [1.82, 2.24) is 4.90 Å². The Morgan fingerprint density at radius 2 is 2.07 bits per heavy atom. The third-order valence-corrected chi connectivity index (χ3v) is 2.15. The van der Waals surface area contributed by atoms with E-state index in [9.17, 15) is 9.18 Å². The molecular weight excluding hydrogens is 193 g/mol. The Hall–Kier alpha value is -1.90. The zero-order valence-electron chi connectivity index (χ0n) is 8.06. The fourth-order valence-electron chi connectivity index (χ4n) is 1.36. The van der Waals surface area contributed by atoms with Crippen molar-refractivity contribution in [2.75, 3.05) is 0 Å². The van der Waals surface area contributed by atoms with Gasteiger partial charge in [-0.3, -0.25) is 9.69 Å². The average Bonchev–Trinajstić information content (AvgIpc) is 2.66. The third-order valence-electron chi connectivity index (χ3n) is 2.15. The van der Waals surface area contributed by atoms with E-state index >= 15 is 0 Å². The van der Waals surface area contributed by atoms with E-state index in [1.54, 1.807) is 36.5 Å². The van der Waals surface area contributed by atoms with Crippen LogP contribution in [-0.4, -0.2) is 10.8 Å². The molecule has 0 radical (unpaired) electrons. The first-order chi connectivity index (χ1) is 7.27. The summed E-state index contributed by atoms with van der Waals surface area (Å²) in [6.45, 7) is 0. The largest absolute Gasteiger partial charge is 0.292 e. The van der Waals surface area contributed by atoms with Crippen molar-refractivity contribution >= 4 is 11.7 Å². The van der Waals surface area contributed by atoms with Gasteiger partial charge in [0.25, 0.3) is 0 Å². The fourth-order valence-corrected chi connectivity index (χ4v) is 1.36. The second kappa shape index (κ2) is 4.09. The lowest BCUT2D eigenvalue weighted by atomic mass is 10.2. The van der Waals surface area contributed by atoms with Crippen LogP contribution < -0.4 is 0 Å². The molecule has 0 fully saturated rings.